The van der Waals surface area contributed by atoms with Gasteiger partial charge in [-0.2, -0.15) is 0 Å². The molecule has 0 saturated heterocycles. The molecule has 3 rings (SSSR count). The van der Waals surface area contributed by atoms with Gasteiger partial charge in [-0.1, -0.05) is 12.8 Å². The van der Waals surface area contributed by atoms with Gasteiger partial charge in [0.15, 0.2) is 0 Å². The zero-order chi connectivity index (χ0) is 14.8. The maximum absolute atomic E-state index is 14.2. The van der Waals surface area contributed by atoms with E-state index in [0.717, 1.165) is 13.0 Å². The fourth-order valence-electron chi connectivity index (χ4n) is 3.45. The fourth-order valence-corrected chi connectivity index (χ4v) is 3.82. The molecule has 2 aliphatic carbocycles. The van der Waals surface area contributed by atoms with E-state index in [2.05, 4.69) is 21.2 Å². The molecule has 116 valence electrons. The normalized spacial score (nSPS) is 26.0. The van der Waals surface area contributed by atoms with Crippen LogP contribution in [0.15, 0.2) is 16.6 Å². The third-order valence-corrected chi connectivity index (χ3v) is 5.53. The first-order valence-corrected chi connectivity index (χ1v) is 8.80. The van der Waals surface area contributed by atoms with E-state index < -0.39 is 11.6 Å². The van der Waals surface area contributed by atoms with Crippen molar-refractivity contribution in [2.45, 2.75) is 51.0 Å². The van der Waals surface area contributed by atoms with Gasteiger partial charge < -0.3 is 5.32 Å². The minimum atomic E-state index is -0.422. The molecule has 1 N–H and O–H groups in total. The number of halogens is 3. The van der Waals surface area contributed by atoms with Crippen LogP contribution in [0.4, 0.5) is 8.78 Å². The van der Waals surface area contributed by atoms with Crippen LogP contribution in [0.1, 0.15) is 44.1 Å². The van der Waals surface area contributed by atoms with E-state index in [9.17, 15) is 8.78 Å². The fraction of sp³-hybridized carbons (Fsp3) is 0.647. The lowest BCUT2D eigenvalue weighted by Crippen LogP contribution is -2.33. The van der Waals surface area contributed by atoms with Crippen LogP contribution >= 0.6 is 15.9 Å². The predicted molar refractivity (Wildman–Crippen MR) is 84.2 cm³/mol. The van der Waals surface area contributed by atoms with E-state index in [-0.39, 0.29) is 5.56 Å². The lowest BCUT2D eigenvalue weighted by molar-refractivity contribution is 0.224. The van der Waals surface area contributed by atoms with Crippen molar-refractivity contribution in [1.82, 2.24) is 5.32 Å². The standard InChI is InChI=1S/C17H22BrF2N/c18-15-7-8-16(19)14(17(15)20)9-11-3-1-2-4-12(11)10-21-13-5-6-13/h7-8,11-13,21H,1-6,9-10H2. The summed E-state index contributed by atoms with van der Waals surface area (Å²) in [5, 5.41) is 3.59. The van der Waals surface area contributed by atoms with Gasteiger partial charge in [0.1, 0.15) is 11.6 Å². The molecule has 2 unspecified atom stereocenters. The molecule has 0 amide bonds. The van der Waals surface area contributed by atoms with Crippen LogP contribution < -0.4 is 5.32 Å². The zero-order valence-corrected chi connectivity index (χ0v) is 13.8. The molecular formula is C17H22BrF2N. The van der Waals surface area contributed by atoms with Crippen LogP contribution in [-0.4, -0.2) is 12.6 Å². The number of hydrogen-bond donors (Lipinski definition) is 1. The van der Waals surface area contributed by atoms with Crippen molar-refractivity contribution in [2.75, 3.05) is 6.54 Å². The Balaban J connectivity index is 1.70. The number of benzene rings is 1. The smallest absolute Gasteiger partial charge is 0.143 e. The first kappa shape index (κ1) is 15.4. The van der Waals surface area contributed by atoms with Gasteiger partial charge in [-0.25, -0.2) is 8.78 Å². The van der Waals surface area contributed by atoms with Gasteiger partial charge in [0.05, 0.1) is 4.47 Å². The van der Waals surface area contributed by atoms with Crippen LogP contribution in [-0.2, 0) is 6.42 Å². The second kappa shape index (κ2) is 6.74. The molecule has 0 radical (unpaired) electrons. The lowest BCUT2D eigenvalue weighted by Gasteiger charge is -2.32. The van der Waals surface area contributed by atoms with Gasteiger partial charge in [0.2, 0.25) is 0 Å². The quantitative estimate of drug-likeness (QED) is 0.744. The van der Waals surface area contributed by atoms with E-state index in [4.69, 9.17) is 0 Å². The first-order chi connectivity index (χ1) is 10.1. The van der Waals surface area contributed by atoms with Crippen LogP contribution in [0.2, 0.25) is 0 Å². The van der Waals surface area contributed by atoms with Crippen molar-refractivity contribution in [1.29, 1.82) is 0 Å². The molecule has 21 heavy (non-hydrogen) atoms. The largest absolute Gasteiger partial charge is 0.314 e. The highest BCUT2D eigenvalue weighted by Gasteiger charge is 2.29. The molecule has 0 bridgehead atoms. The molecule has 4 heteroatoms. The molecule has 0 spiro atoms. The van der Waals surface area contributed by atoms with Gasteiger partial charge in [0.25, 0.3) is 0 Å². The van der Waals surface area contributed by atoms with Crippen molar-refractivity contribution < 1.29 is 8.78 Å². The van der Waals surface area contributed by atoms with Crippen LogP contribution in [0.25, 0.3) is 0 Å². The van der Waals surface area contributed by atoms with E-state index >= 15 is 0 Å². The summed E-state index contributed by atoms with van der Waals surface area (Å²) in [6.07, 6.45) is 7.79. The predicted octanol–water partition coefficient (Wildman–Crippen LogP) is 4.83. The van der Waals surface area contributed by atoms with Crippen molar-refractivity contribution in [3.05, 3.63) is 33.8 Å². The van der Waals surface area contributed by atoms with Crippen molar-refractivity contribution in [3.8, 4) is 0 Å². The molecule has 0 aromatic heterocycles. The highest BCUT2D eigenvalue weighted by molar-refractivity contribution is 9.10. The van der Waals surface area contributed by atoms with Crippen molar-refractivity contribution in [2.24, 2.45) is 11.8 Å². The zero-order valence-electron chi connectivity index (χ0n) is 12.2. The Bertz CT molecular complexity index is 502. The topological polar surface area (TPSA) is 12.0 Å². The van der Waals surface area contributed by atoms with E-state index in [1.165, 1.54) is 44.2 Å². The van der Waals surface area contributed by atoms with Gasteiger partial charge in [-0.05, 0) is 78.5 Å². The van der Waals surface area contributed by atoms with Crippen molar-refractivity contribution >= 4 is 15.9 Å². The van der Waals surface area contributed by atoms with Crippen LogP contribution in [0.5, 0.6) is 0 Å². The summed E-state index contributed by atoms with van der Waals surface area (Å²) in [7, 11) is 0. The molecule has 2 fully saturated rings. The number of nitrogens with one attached hydrogen (secondary N) is 1. The molecule has 1 aromatic carbocycles. The molecule has 0 heterocycles. The number of hydrogen-bond acceptors (Lipinski definition) is 1. The van der Waals surface area contributed by atoms with Crippen LogP contribution in [0.3, 0.4) is 0 Å². The van der Waals surface area contributed by atoms with E-state index in [1.807, 2.05) is 0 Å². The summed E-state index contributed by atoms with van der Waals surface area (Å²) in [4.78, 5) is 0. The Hall–Kier alpha value is -0.480. The molecule has 1 nitrogen and oxygen atoms in total. The molecular weight excluding hydrogens is 336 g/mol. The average Bonchev–Trinajstić information content (AvgIpc) is 3.31. The maximum atomic E-state index is 14.2. The minimum Gasteiger partial charge on any atom is -0.314 e. The van der Waals surface area contributed by atoms with E-state index in [1.54, 1.807) is 0 Å². The summed E-state index contributed by atoms with van der Waals surface area (Å²) in [6.45, 7) is 1.01. The summed E-state index contributed by atoms with van der Waals surface area (Å²) in [6, 6.07) is 3.51. The molecule has 1 aromatic rings. The lowest BCUT2D eigenvalue weighted by atomic mass is 9.76. The molecule has 0 aliphatic heterocycles. The SMILES string of the molecule is Fc1ccc(Br)c(F)c1CC1CCCCC1CNC1CC1. The summed E-state index contributed by atoms with van der Waals surface area (Å²) >= 11 is 3.16. The van der Waals surface area contributed by atoms with Gasteiger partial charge in [-0.3, -0.25) is 0 Å². The highest BCUT2D eigenvalue weighted by Crippen LogP contribution is 2.35. The second-order valence-corrected chi connectivity index (χ2v) is 7.37. The molecule has 2 aliphatic rings. The first-order valence-electron chi connectivity index (χ1n) is 8.01. The Kier molecular flexibility index (Phi) is 4.95. The van der Waals surface area contributed by atoms with Crippen molar-refractivity contribution in [3.63, 3.8) is 0 Å². The third-order valence-electron chi connectivity index (χ3n) is 4.92. The number of rotatable bonds is 5. The monoisotopic (exact) mass is 357 g/mol. The Morgan fingerprint density at radius 1 is 1.05 bits per heavy atom. The van der Waals surface area contributed by atoms with Crippen LogP contribution in [0, 0.1) is 23.5 Å². The highest BCUT2D eigenvalue weighted by atomic mass is 79.9. The maximum Gasteiger partial charge on any atom is 0.143 e. The Morgan fingerprint density at radius 2 is 1.76 bits per heavy atom. The van der Waals surface area contributed by atoms with E-state index in [0.29, 0.717) is 28.8 Å². The van der Waals surface area contributed by atoms with Gasteiger partial charge in [0, 0.05) is 11.6 Å². The average molecular weight is 358 g/mol. The minimum absolute atomic E-state index is 0.257. The Labute approximate surface area is 133 Å². The van der Waals surface area contributed by atoms with Gasteiger partial charge in [-0.15, -0.1) is 0 Å². The summed E-state index contributed by atoms with van der Waals surface area (Å²) in [5.41, 5.74) is 0.257. The molecule has 2 saturated carbocycles. The summed E-state index contributed by atoms with van der Waals surface area (Å²) in [5.74, 6) is 0.116. The Morgan fingerprint density at radius 3 is 2.48 bits per heavy atom. The van der Waals surface area contributed by atoms with Gasteiger partial charge >= 0.3 is 0 Å². The molecule has 2 atom stereocenters. The summed E-state index contributed by atoms with van der Waals surface area (Å²) < 4.78 is 28.5. The third kappa shape index (κ3) is 3.84. The second-order valence-electron chi connectivity index (χ2n) is 6.51.